The number of hydrogen-bond acceptors (Lipinski definition) is 3. The molecule has 4 nitrogen and oxygen atoms in total. The molecule has 0 N–H and O–H groups in total. The number of hydrogen-bond donors (Lipinski definition) is 0. The molecule has 0 saturated heterocycles. The molecule has 0 aliphatic carbocycles. The number of benzene rings is 4. The molecule has 0 spiro atoms. The van der Waals surface area contributed by atoms with Crippen LogP contribution < -0.4 is 0 Å². The first-order valence-corrected chi connectivity index (χ1v) is 11.2. The monoisotopic (exact) mass is 446 g/mol. The van der Waals surface area contributed by atoms with Crippen LogP contribution in [0.15, 0.2) is 120 Å². The Morgan fingerprint density at radius 3 is 1.91 bits per heavy atom. The number of amides is 1. The molecule has 4 rings (SSSR count). The van der Waals surface area contributed by atoms with E-state index in [0.29, 0.717) is 11.1 Å². The number of hydrazone groups is 1. The molecule has 168 valence electrons. The smallest absolute Gasteiger partial charge is 0.273 e. The van der Waals surface area contributed by atoms with Gasteiger partial charge in [-0.2, -0.15) is 5.10 Å². The van der Waals surface area contributed by atoms with Gasteiger partial charge < -0.3 is 0 Å². The SMILES string of the molecule is Cc1ccc(C(=O)N(CC(C(=O)c2ccccc2)c2ccccc2)N=Cc2ccccc2)cc1. The summed E-state index contributed by atoms with van der Waals surface area (Å²) in [5.41, 5.74) is 3.90. The van der Waals surface area contributed by atoms with Crippen LogP contribution in [-0.4, -0.2) is 29.5 Å². The van der Waals surface area contributed by atoms with Crippen molar-refractivity contribution in [3.05, 3.63) is 143 Å². The summed E-state index contributed by atoms with van der Waals surface area (Å²) in [7, 11) is 0. The molecule has 4 aromatic rings. The van der Waals surface area contributed by atoms with Crippen molar-refractivity contribution in [2.24, 2.45) is 5.10 Å². The van der Waals surface area contributed by atoms with Gasteiger partial charge in [0, 0.05) is 11.1 Å². The first-order valence-electron chi connectivity index (χ1n) is 11.2. The highest BCUT2D eigenvalue weighted by Crippen LogP contribution is 2.24. The predicted octanol–water partition coefficient (Wildman–Crippen LogP) is 6.14. The number of rotatable bonds is 8. The van der Waals surface area contributed by atoms with Gasteiger partial charge in [-0.1, -0.05) is 109 Å². The van der Waals surface area contributed by atoms with Crippen molar-refractivity contribution in [1.82, 2.24) is 5.01 Å². The maximum atomic E-state index is 13.6. The summed E-state index contributed by atoms with van der Waals surface area (Å²) in [6.45, 7) is 2.09. The Bertz CT molecular complexity index is 1250. The second-order valence-electron chi connectivity index (χ2n) is 8.10. The van der Waals surface area contributed by atoms with Gasteiger partial charge in [-0.25, -0.2) is 5.01 Å². The molecule has 1 unspecified atom stereocenters. The molecule has 0 fully saturated rings. The lowest BCUT2D eigenvalue weighted by atomic mass is 9.90. The first kappa shape index (κ1) is 22.9. The van der Waals surface area contributed by atoms with Crippen molar-refractivity contribution in [2.45, 2.75) is 12.8 Å². The van der Waals surface area contributed by atoms with Crippen LogP contribution in [0.5, 0.6) is 0 Å². The molecule has 0 bridgehead atoms. The molecule has 4 heteroatoms. The van der Waals surface area contributed by atoms with E-state index in [-0.39, 0.29) is 18.2 Å². The summed E-state index contributed by atoms with van der Waals surface area (Å²) >= 11 is 0. The van der Waals surface area contributed by atoms with Crippen molar-refractivity contribution in [3.63, 3.8) is 0 Å². The fourth-order valence-electron chi connectivity index (χ4n) is 3.70. The van der Waals surface area contributed by atoms with Crippen LogP contribution in [0, 0.1) is 6.92 Å². The van der Waals surface area contributed by atoms with E-state index in [1.54, 1.807) is 30.5 Å². The van der Waals surface area contributed by atoms with Gasteiger partial charge in [0.25, 0.3) is 5.91 Å². The molecule has 1 atom stereocenters. The van der Waals surface area contributed by atoms with Crippen LogP contribution in [-0.2, 0) is 0 Å². The standard InChI is InChI=1S/C30H26N2O2/c1-23-17-19-27(20-18-23)30(34)32(31-21-24-11-5-2-6-12-24)22-28(25-13-7-3-8-14-25)29(33)26-15-9-4-10-16-26/h2-21,28H,22H2,1H3. The summed E-state index contributed by atoms with van der Waals surface area (Å²) in [5.74, 6) is -0.872. The Hall–Kier alpha value is -4.31. The van der Waals surface area contributed by atoms with Gasteiger partial charge in [0.2, 0.25) is 0 Å². The zero-order valence-corrected chi connectivity index (χ0v) is 19.0. The van der Waals surface area contributed by atoms with Crippen LogP contribution >= 0.6 is 0 Å². The van der Waals surface area contributed by atoms with Crippen molar-refractivity contribution < 1.29 is 9.59 Å². The minimum Gasteiger partial charge on any atom is -0.293 e. The molecule has 4 aromatic carbocycles. The minimum atomic E-state index is -0.564. The Labute approximate surface area is 200 Å². The average molecular weight is 447 g/mol. The fraction of sp³-hybridized carbons (Fsp3) is 0.100. The van der Waals surface area contributed by atoms with Crippen LogP contribution in [0.1, 0.15) is 43.3 Å². The van der Waals surface area contributed by atoms with Crippen LogP contribution in [0.4, 0.5) is 0 Å². The Kier molecular flexibility index (Phi) is 7.41. The van der Waals surface area contributed by atoms with Gasteiger partial charge in [-0.3, -0.25) is 9.59 Å². The van der Waals surface area contributed by atoms with Gasteiger partial charge in [0.05, 0.1) is 18.7 Å². The summed E-state index contributed by atoms with van der Waals surface area (Å²) in [6.07, 6.45) is 1.65. The molecule has 0 aliphatic heterocycles. The van der Waals surface area contributed by atoms with Crippen LogP contribution in [0.25, 0.3) is 0 Å². The Morgan fingerprint density at radius 2 is 1.29 bits per heavy atom. The van der Waals surface area contributed by atoms with Gasteiger partial charge in [0.15, 0.2) is 5.78 Å². The lowest BCUT2D eigenvalue weighted by Gasteiger charge is -2.24. The second-order valence-corrected chi connectivity index (χ2v) is 8.10. The highest BCUT2D eigenvalue weighted by atomic mass is 16.2. The minimum absolute atomic E-state index is 0.0524. The molecule has 1 amide bonds. The molecule has 0 radical (unpaired) electrons. The van der Waals surface area contributed by atoms with Gasteiger partial charge in [0.1, 0.15) is 0 Å². The lowest BCUT2D eigenvalue weighted by Crippen LogP contribution is -2.33. The molecule has 34 heavy (non-hydrogen) atoms. The first-order chi connectivity index (χ1) is 16.6. The van der Waals surface area contributed by atoms with E-state index < -0.39 is 5.92 Å². The summed E-state index contributed by atoms with van der Waals surface area (Å²) < 4.78 is 0. The van der Waals surface area contributed by atoms with Crippen molar-refractivity contribution in [1.29, 1.82) is 0 Å². The van der Waals surface area contributed by atoms with Crippen molar-refractivity contribution >= 4 is 17.9 Å². The summed E-state index contributed by atoms with van der Waals surface area (Å²) in [6, 6.07) is 35.7. The van der Waals surface area contributed by atoms with Crippen LogP contribution in [0.3, 0.4) is 0 Å². The van der Waals surface area contributed by atoms with E-state index in [9.17, 15) is 9.59 Å². The van der Waals surface area contributed by atoms with Gasteiger partial charge >= 0.3 is 0 Å². The van der Waals surface area contributed by atoms with E-state index in [0.717, 1.165) is 16.7 Å². The number of carbonyl (C=O) groups excluding carboxylic acids is 2. The van der Waals surface area contributed by atoms with E-state index in [2.05, 4.69) is 5.10 Å². The normalized spacial score (nSPS) is 11.8. The maximum absolute atomic E-state index is 13.6. The van der Waals surface area contributed by atoms with Gasteiger partial charge in [-0.15, -0.1) is 0 Å². The highest BCUT2D eigenvalue weighted by molar-refractivity contribution is 6.02. The molecular formula is C30H26N2O2. The molecule has 0 aliphatic rings. The number of aryl methyl sites for hydroxylation is 1. The Morgan fingerprint density at radius 1 is 0.735 bits per heavy atom. The fourth-order valence-corrected chi connectivity index (χ4v) is 3.70. The predicted molar refractivity (Wildman–Crippen MR) is 136 cm³/mol. The van der Waals surface area contributed by atoms with Gasteiger partial charge in [-0.05, 0) is 30.2 Å². The topological polar surface area (TPSA) is 49.7 Å². The number of nitrogens with zero attached hydrogens (tertiary/aromatic N) is 2. The van der Waals surface area contributed by atoms with E-state index in [1.807, 2.05) is 97.9 Å². The average Bonchev–Trinajstić information content (AvgIpc) is 2.90. The maximum Gasteiger partial charge on any atom is 0.273 e. The molecule has 0 aromatic heterocycles. The lowest BCUT2D eigenvalue weighted by molar-refractivity contribution is 0.0736. The van der Waals surface area contributed by atoms with Crippen LogP contribution in [0.2, 0.25) is 0 Å². The largest absolute Gasteiger partial charge is 0.293 e. The third kappa shape index (κ3) is 5.73. The summed E-state index contributed by atoms with van der Waals surface area (Å²) in [4.78, 5) is 27.1. The van der Waals surface area contributed by atoms with Crippen molar-refractivity contribution in [2.75, 3.05) is 6.54 Å². The zero-order valence-electron chi connectivity index (χ0n) is 19.0. The molecule has 0 saturated carbocycles. The second kappa shape index (κ2) is 11.0. The van der Waals surface area contributed by atoms with E-state index >= 15 is 0 Å². The van der Waals surface area contributed by atoms with Crippen molar-refractivity contribution in [3.8, 4) is 0 Å². The summed E-state index contributed by atoms with van der Waals surface area (Å²) in [5, 5.41) is 5.94. The molecule has 0 heterocycles. The third-order valence-electron chi connectivity index (χ3n) is 5.61. The number of Topliss-reactive ketones (excluding diaryl/α,β-unsaturated/α-hetero) is 1. The van der Waals surface area contributed by atoms with E-state index in [1.165, 1.54) is 5.01 Å². The van der Waals surface area contributed by atoms with E-state index in [4.69, 9.17) is 0 Å². The highest BCUT2D eigenvalue weighted by Gasteiger charge is 2.27. The molecular weight excluding hydrogens is 420 g/mol. The number of ketones is 1. The third-order valence-corrected chi connectivity index (χ3v) is 5.61. The zero-order chi connectivity index (χ0) is 23.8. The quantitative estimate of drug-likeness (QED) is 0.185. The Balaban J connectivity index is 1.71. The number of carbonyl (C=O) groups is 2.